The second-order valence-corrected chi connectivity index (χ2v) is 6.86. The average molecular weight is 307 g/mol. The molecule has 5 heteroatoms. The third-order valence-corrected chi connectivity index (χ3v) is 5.58. The van der Waals surface area contributed by atoms with Crippen LogP contribution in [0.5, 0.6) is 0 Å². The van der Waals surface area contributed by atoms with Crippen molar-refractivity contribution in [3.05, 3.63) is 35.0 Å². The molecular weight excluding hydrogens is 286 g/mol. The van der Waals surface area contributed by atoms with Gasteiger partial charge in [-0.05, 0) is 43.3 Å². The number of thiophene rings is 1. The van der Waals surface area contributed by atoms with Crippen molar-refractivity contribution in [1.29, 1.82) is 0 Å². The Morgan fingerprint density at radius 2 is 2.33 bits per heavy atom. The number of hydrogen-bond donors (Lipinski definition) is 1. The van der Waals surface area contributed by atoms with Crippen LogP contribution >= 0.6 is 11.3 Å². The number of carbonyl (C=O) groups excluding carboxylic acids is 1. The number of carbonyl (C=O) groups is 1. The molecule has 2 atom stereocenters. The van der Waals surface area contributed by atoms with Crippen molar-refractivity contribution in [2.75, 3.05) is 19.6 Å². The maximum atomic E-state index is 12.6. The summed E-state index contributed by atoms with van der Waals surface area (Å²) < 4.78 is 5.70. The zero-order chi connectivity index (χ0) is 14.9. The lowest BCUT2D eigenvalue weighted by Crippen LogP contribution is -2.53. The van der Waals surface area contributed by atoms with Gasteiger partial charge in [0.05, 0.1) is 0 Å². The second kappa shape index (κ2) is 5.91. The van der Waals surface area contributed by atoms with Crippen LogP contribution in [0.3, 0.4) is 0 Å². The number of piperidine rings is 3. The molecule has 0 radical (unpaired) electrons. The molecule has 21 heavy (non-hydrogen) atoms. The van der Waals surface area contributed by atoms with E-state index in [2.05, 4.69) is 11.5 Å². The molecule has 3 aliphatic rings. The van der Waals surface area contributed by atoms with E-state index >= 15 is 0 Å². The van der Waals surface area contributed by atoms with E-state index in [0.717, 1.165) is 32.5 Å². The van der Waals surface area contributed by atoms with Crippen LogP contribution in [0.4, 0.5) is 0 Å². The van der Waals surface area contributed by atoms with Crippen LogP contribution in [0, 0.1) is 5.92 Å². The lowest BCUT2D eigenvalue weighted by molar-refractivity contribution is -0.180. The SMILES string of the molecule is C=CCC(O)(C(=O)OC1CN2CCC1CC2)c1cccs1. The van der Waals surface area contributed by atoms with Crippen molar-refractivity contribution < 1.29 is 14.6 Å². The number of rotatable bonds is 5. The summed E-state index contributed by atoms with van der Waals surface area (Å²) in [7, 11) is 0. The largest absolute Gasteiger partial charge is 0.458 e. The van der Waals surface area contributed by atoms with E-state index in [-0.39, 0.29) is 12.5 Å². The van der Waals surface area contributed by atoms with Crippen LogP contribution in [0.1, 0.15) is 24.1 Å². The third-order valence-electron chi connectivity index (χ3n) is 4.56. The van der Waals surface area contributed by atoms with E-state index in [0.29, 0.717) is 10.8 Å². The topological polar surface area (TPSA) is 49.8 Å². The van der Waals surface area contributed by atoms with Gasteiger partial charge in [0, 0.05) is 17.8 Å². The van der Waals surface area contributed by atoms with Gasteiger partial charge in [-0.15, -0.1) is 17.9 Å². The van der Waals surface area contributed by atoms with Crippen molar-refractivity contribution in [3.8, 4) is 0 Å². The van der Waals surface area contributed by atoms with Crippen LogP contribution in [0.2, 0.25) is 0 Å². The zero-order valence-corrected chi connectivity index (χ0v) is 12.8. The summed E-state index contributed by atoms with van der Waals surface area (Å²) in [6.07, 6.45) is 3.81. The van der Waals surface area contributed by atoms with E-state index in [1.807, 2.05) is 11.4 Å². The van der Waals surface area contributed by atoms with E-state index in [4.69, 9.17) is 4.74 Å². The number of fused-ring (bicyclic) bond motifs is 3. The van der Waals surface area contributed by atoms with Gasteiger partial charge in [-0.1, -0.05) is 12.1 Å². The molecule has 2 unspecified atom stereocenters. The standard InChI is InChI=1S/C16H21NO3S/c1-2-7-16(19,14-4-3-10-21-14)15(18)20-13-11-17-8-5-12(13)6-9-17/h2-4,10,12-13,19H,1,5-9,11H2. The summed E-state index contributed by atoms with van der Waals surface area (Å²) in [4.78, 5) is 15.5. The van der Waals surface area contributed by atoms with Gasteiger partial charge < -0.3 is 9.84 Å². The highest BCUT2D eigenvalue weighted by molar-refractivity contribution is 7.10. The Bertz CT molecular complexity index is 508. The number of hydrogen-bond acceptors (Lipinski definition) is 5. The molecule has 2 bridgehead atoms. The lowest BCUT2D eigenvalue weighted by Gasteiger charge is -2.44. The van der Waals surface area contributed by atoms with Crippen molar-refractivity contribution >= 4 is 17.3 Å². The summed E-state index contributed by atoms with van der Waals surface area (Å²) in [6.45, 7) is 6.64. The highest BCUT2D eigenvalue weighted by Gasteiger charge is 2.43. The number of nitrogens with zero attached hydrogens (tertiary/aromatic N) is 1. The third kappa shape index (κ3) is 2.78. The smallest absolute Gasteiger partial charge is 0.344 e. The molecule has 114 valence electrons. The minimum absolute atomic E-state index is 0.0868. The molecule has 4 nitrogen and oxygen atoms in total. The number of esters is 1. The van der Waals surface area contributed by atoms with Gasteiger partial charge in [0.2, 0.25) is 0 Å². The van der Waals surface area contributed by atoms with Crippen LogP contribution in [0.15, 0.2) is 30.2 Å². The minimum Gasteiger partial charge on any atom is -0.458 e. The molecule has 3 aliphatic heterocycles. The zero-order valence-electron chi connectivity index (χ0n) is 12.0. The highest BCUT2D eigenvalue weighted by atomic mass is 32.1. The lowest BCUT2D eigenvalue weighted by atomic mass is 9.85. The van der Waals surface area contributed by atoms with Gasteiger partial charge in [-0.2, -0.15) is 0 Å². The van der Waals surface area contributed by atoms with Gasteiger partial charge in [0.25, 0.3) is 0 Å². The predicted molar refractivity (Wildman–Crippen MR) is 82.1 cm³/mol. The molecule has 4 rings (SSSR count). The average Bonchev–Trinajstić information content (AvgIpc) is 3.03. The van der Waals surface area contributed by atoms with E-state index in [9.17, 15) is 9.90 Å². The number of aliphatic hydroxyl groups is 1. The fourth-order valence-corrected chi connectivity index (χ4v) is 4.11. The summed E-state index contributed by atoms with van der Waals surface area (Å²) in [5.41, 5.74) is -1.60. The van der Waals surface area contributed by atoms with Crippen molar-refractivity contribution in [3.63, 3.8) is 0 Å². The fraction of sp³-hybridized carbons (Fsp3) is 0.562. The van der Waals surface area contributed by atoms with Gasteiger partial charge in [0.1, 0.15) is 6.10 Å². The maximum Gasteiger partial charge on any atom is 0.344 e. The van der Waals surface area contributed by atoms with Crippen LogP contribution in [-0.4, -0.2) is 41.7 Å². The Balaban J connectivity index is 1.74. The first kappa shape index (κ1) is 14.8. The maximum absolute atomic E-state index is 12.6. The molecule has 0 spiro atoms. The van der Waals surface area contributed by atoms with Gasteiger partial charge in [-0.25, -0.2) is 4.79 Å². The molecule has 1 aromatic rings. The highest BCUT2D eigenvalue weighted by Crippen LogP contribution is 2.34. The number of ether oxygens (including phenoxy) is 1. The minimum atomic E-state index is -1.60. The first-order valence-corrected chi connectivity index (χ1v) is 8.32. The Morgan fingerprint density at radius 3 is 2.86 bits per heavy atom. The Morgan fingerprint density at radius 1 is 1.57 bits per heavy atom. The molecular formula is C16H21NO3S. The molecule has 3 saturated heterocycles. The van der Waals surface area contributed by atoms with E-state index in [1.165, 1.54) is 11.3 Å². The monoisotopic (exact) mass is 307 g/mol. The van der Waals surface area contributed by atoms with Crippen LogP contribution in [-0.2, 0) is 15.1 Å². The van der Waals surface area contributed by atoms with Gasteiger partial charge >= 0.3 is 5.97 Å². The van der Waals surface area contributed by atoms with Crippen LogP contribution in [0.25, 0.3) is 0 Å². The molecule has 0 amide bonds. The van der Waals surface area contributed by atoms with Crippen molar-refractivity contribution in [2.24, 2.45) is 5.92 Å². The molecule has 1 N–H and O–H groups in total. The summed E-state index contributed by atoms with van der Waals surface area (Å²) in [5, 5.41) is 12.6. The van der Waals surface area contributed by atoms with Gasteiger partial charge in [0.15, 0.2) is 5.60 Å². The quantitative estimate of drug-likeness (QED) is 0.669. The summed E-state index contributed by atoms with van der Waals surface area (Å²) >= 11 is 1.37. The molecule has 0 saturated carbocycles. The van der Waals surface area contributed by atoms with Crippen LogP contribution < -0.4 is 0 Å². The first-order valence-electron chi connectivity index (χ1n) is 7.44. The predicted octanol–water partition coefficient (Wildman–Crippen LogP) is 2.15. The molecule has 0 aliphatic carbocycles. The Hall–Kier alpha value is -1.17. The summed E-state index contributed by atoms with van der Waals surface area (Å²) in [6, 6.07) is 3.60. The van der Waals surface area contributed by atoms with E-state index < -0.39 is 11.6 Å². The second-order valence-electron chi connectivity index (χ2n) is 5.91. The van der Waals surface area contributed by atoms with Crippen molar-refractivity contribution in [2.45, 2.75) is 31.0 Å². The van der Waals surface area contributed by atoms with E-state index in [1.54, 1.807) is 12.1 Å². The Labute approximate surface area is 129 Å². The molecule has 0 aromatic carbocycles. The molecule has 1 aromatic heterocycles. The molecule has 4 heterocycles. The Kier molecular flexibility index (Phi) is 4.15. The first-order chi connectivity index (χ1) is 10.1. The normalized spacial score (nSPS) is 30.6. The fourth-order valence-electron chi connectivity index (χ4n) is 3.29. The summed E-state index contributed by atoms with van der Waals surface area (Å²) in [5.74, 6) is -0.0983. The van der Waals surface area contributed by atoms with Gasteiger partial charge in [-0.3, -0.25) is 4.90 Å². The molecule has 3 fully saturated rings. The van der Waals surface area contributed by atoms with Crippen molar-refractivity contribution in [1.82, 2.24) is 4.90 Å².